The maximum Gasteiger partial charge on any atom is 0.289 e. The SMILES string of the molecule is Cn1c(=O)c(C#N)c(N2CCN(C(=O)c3ccc(Br)o3)CC2)c2ccccc21. The first-order chi connectivity index (χ1) is 13.5. The first-order valence-corrected chi connectivity index (χ1v) is 9.62. The molecule has 1 saturated heterocycles. The summed E-state index contributed by atoms with van der Waals surface area (Å²) in [6, 6.07) is 13.0. The number of pyridine rings is 1. The number of fused-ring (bicyclic) bond motifs is 1. The Balaban J connectivity index is 1.66. The number of furan rings is 1. The topological polar surface area (TPSA) is 82.5 Å². The van der Waals surface area contributed by atoms with Gasteiger partial charge in [-0.2, -0.15) is 5.26 Å². The number of hydrogen-bond acceptors (Lipinski definition) is 5. The predicted molar refractivity (Wildman–Crippen MR) is 108 cm³/mol. The van der Waals surface area contributed by atoms with Gasteiger partial charge in [-0.1, -0.05) is 18.2 Å². The Morgan fingerprint density at radius 1 is 1.14 bits per heavy atom. The normalized spacial score (nSPS) is 14.3. The summed E-state index contributed by atoms with van der Waals surface area (Å²) in [6.07, 6.45) is 0. The molecule has 1 aliphatic heterocycles. The van der Waals surface area contributed by atoms with Crippen molar-refractivity contribution in [3.05, 3.63) is 62.7 Å². The van der Waals surface area contributed by atoms with Gasteiger partial charge in [0.1, 0.15) is 11.6 Å². The van der Waals surface area contributed by atoms with Gasteiger partial charge in [0.25, 0.3) is 11.5 Å². The molecule has 0 bridgehead atoms. The van der Waals surface area contributed by atoms with Crippen molar-refractivity contribution in [2.75, 3.05) is 31.1 Å². The molecule has 3 aromatic rings. The molecule has 3 heterocycles. The van der Waals surface area contributed by atoms with Crippen LogP contribution in [0, 0.1) is 11.3 Å². The number of nitriles is 1. The second kappa shape index (κ2) is 7.17. The molecule has 2 aromatic heterocycles. The van der Waals surface area contributed by atoms with Crippen LogP contribution in [0.2, 0.25) is 0 Å². The number of rotatable bonds is 2. The number of carbonyl (C=O) groups excluding carboxylic acids is 1. The lowest BCUT2D eigenvalue weighted by atomic mass is 10.1. The average molecular weight is 441 g/mol. The number of piperazine rings is 1. The van der Waals surface area contributed by atoms with Crippen LogP contribution in [-0.2, 0) is 7.05 Å². The smallest absolute Gasteiger partial charge is 0.289 e. The predicted octanol–water partition coefficient (Wildman–Crippen LogP) is 2.73. The second-order valence-electron chi connectivity index (χ2n) is 6.60. The van der Waals surface area contributed by atoms with E-state index in [9.17, 15) is 14.9 Å². The van der Waals surface area contributed by atoms with Crippen LogP contribution in [0.15, 0.2) is 50.3 Å². The standard InChI is InChI=1S/C20H17BrN4O3/c1-23-15-5-3-2-4-13(15)18(14(12-22)19(23)26)24-8-10-25(11-9-24)20(27)16-6-7-17(21)28-16/h2-7H,8-11H2,1H3. The zero-order valence-electron chi connectivity index (χ0n) is 15.2. The van der Waals surface area contributed by atoms with Crippen molar-refractivity contribution in [1.29, 1.82) is 5.26 Å². The van der Waals surface area contributed by atoms with Crippen LogP contribution in [-0.4, -0.2) is 41.6 Å². The molecule has 4 rings (SSSR count). The van der Waals surface area contributed by atoms with E-state index in [2.05, 4.69) is 22.0 Å². The molecule has 0 saturated carbocycles. The van der Waals surface area contributed by atoms with E-state index >= 15 is 0 Å². The van der Waals surface area contributed by atoms with Crippen molar-refractivity contribution in [2.45, 2.75) is 0 Å². The summed E-state index contributed by atoms with van der Waals surface area (Å²) < 4.78 is 7.38. The molecule has 7 nitrogen and oxygen atoms in total. The summed E-state index contributed by atoms with van der Waals surface area (Å²) in [5.41, 5.74) is 1.25. The summed E-state index contributed by atoms with van der Waals surface area (Å²) in [4.78, 5) is 29.0. The highest BCUT2D eigenvalue weighted by Crippen LogP contribution is 2.29. The molecule has 1 fully saturated rings. The van der Waals surface area contributed by atoms with Gasteiger partial charge in [0.15, 0.2) is 10.4 Å². The summed E-state index contributed by atoms with van der Waals surface area (Å²) in [7, 11) is 1.67. The number of nitrogens with zero attached hydrogens (tertiary/aromatic N) is 4. The molecule has 142 valence electrons. The Kier molecular flexibility index (Phi) is 4.69. The van der Waals surface area contributed by atoms with Crippen LogP contribution in [0.5, 0.6) is 0 Å². The molecule has 0 radical (unpaired) electrons. The van der Waals surface area contributed by atoms with Crippen LogP contribution in [0.3, 0.4) is 0 Å². The van der Waals surface area contributed by atoms with Gasteiger partial charge in [0.05, 0.1) is 11.2 Å². The molecule has 1 amide bonds. The number of para-hydroxylation sites is 1. The van der Waals surface area contributed by atoms with E-state index in [1.165, 1.54) is 4.57 Å². The third kappa shape index (κ3) is 2.98. The maximum absolute atomic E-state index is 12.7. The Morgan fingerprint density at radius 3 is 2.50 bits per heavy atom. The maximum atomic E-state index is 12.7. The summed E-state index contributed by atoms with van der Waals surface area (Å²) in [5, 5.41) is 10.5. The van der Waals surface area contributed by atoms with Gasteiger partial charge in [-0.3, -0.25) is 9.59 Å². The van der Waals surface area contributed by atoms with Gasteiger partial charge in [-0.05, 0) is 34.1 Å². The fraction of sp³-hybridized carbons (Fsp3) is 0.250. The van der Waals surface area contributed by atoms with Crippen molar-refractivity contribution in [2.24, 2.45) is 7.05 Å². The monoisotopic (exact) mass is 440 g/mol. The molecule has 0 N–H and O–H groups in total. The summed E-state index contributed by atoms with van der Waals surface area (Å²) in [6.45, 7) is 2.01. The van der Waals surface area contributed by atoms with Gasteiger partial charge >= 0.3 is 0 Å². The van der Waals surface area contributed by atoms with Gasteiger partial charge < -0.3 is 18.8 Å². The zero-order chi connectivity index (χ0) is 19.8. The van der Waals surface area contributed by atoms with Crippen LogP contribution in [0.1, 0.15) is 16.1 Å². The largest absolute Gasteiger partial charge is 0.444 e. The molecule has 1 aliphatic rings. The fourth-order valence-corrected chi connectivity index (χ4v) is 3.93. The molecule has 0 spiro atoms. The van der Waals surface area contributed by atoms with E-state index in [1.807, 2.05) is 29.2 Å². The van der Waals surface area contributed by atoms with Gasteiger partial charge in [0.2, 0.25) is 0 Å². The van der Waals surface area contributed by atoms with Crippen molar-refractivity contribution in [3.8, 4) is 6.07 Å². The minimum atomic E-state index is -0.310. The lowest BCUT2D eigenvalue weighted by molar-refractivity contribution is 0.0713. The first kappa shape index (κ1) is 18.3. The first-order valence-electron chi connectivity index (χ1n) is 8.82. The summed E-state index contributed by atoms with van der Waals surface area (Å²) in [5.74, 6) is 0.122. The highest BCUT2D eigenvalue weighted by Gasteiger charge is 2.27. The second-order valence-corrected chi connectivity index (χ2v) is 7.38. The third-order valence-corrected chi connectivity index (χ3v) is 5.48. The number of halogens is 1. The highest BCUT2D eigenvalue weighted by molar-refractivity contribution is 9.10. The lowest BCUT2D eigenvalue weighted by Gasteiger charge is -2.36. The van der Waals surface area contributed by atoms with Gasteiger partial charge in [0, 0.05) is 38.6 Å². The quantitative estimate of drug-likeness (QED) is 0.611. The number of aromatic nitrogens is 1. The Morgan fingerprint density at radius 2 is 1.86 bits per heavy atom. The van der Waals surface area contributed by atoms with Crippen molar-refractivity contribution >= 4 is 38.4 Å². The number of carbonyl (C=O) groups is 1. The number of amides is 1. The van der Waals surface area contributed by atoms with E-state index in [0.29, 0.717) is 36.5 Å². The number of hydrogen-bond donors (Lipinski definition) is 0. The fourth-order valence-electron chi connectivity index (χ4n) is 3.63. The van der Waals surface area contributed by atoms with Gasteiger partial charge in [-0.25, -0.2) is 0 Å². The van der Waals surface area contributed by atoms with Crippen molar-refractivity contribution in [1.82, 2.24) is 9.47 Å². The minimum absolute atomic E-state index is 0.135. The van der Waals surface area contributed by atoms with Crippen molar-refractivity contribution < 1.29 is 9.21 Å². The van der Waals surface area contributed by atoms with Gasteiger partial charge in [-0.15, -0.1) is 0 Å². The zero-order valence-corrected chi connectivity index (χ0v) is 16.8. The molecule has 0 atom stereocenters. The van der Waals surface area contributed by atoms with E-state index in [1.54, 1.807) is 24.1 Å². The number of benzene rings is 1. The molecule has 28 heavy (non-hydrogen) atoms. The third-order valence-electron chi connectivity index (χ3n) is 5.05. The average Bonchev–Trinajstić information content (AvgIpc) is 3.16. The highest BCUT2D eigenvalue weighted by atomic mass is 79.9. The van der Waals surface area contributed by atoms with E-state index < -0.39 is 0 Å². The van der Waals surface area contributed by atoms with Crippen LogP contribution in [0.25, 0.3) is 10.9 Å². The Bertz CT molecular complexity index is 1170. The van der Waals surface area contributed by atoms with Crippen molar-refractivity contribution in [3.63, 3.8) is 0 Å². The van der Waals surface area contributed by atoms with E-state index in [0.717, 1.165) is 10.9 Å². The van der Waals surface area contributed by atoms with Crippen LogP contribution < -0.4 is 10.5 Å². The molecule has 0 unspecified atom stereocenters. The molecular weight excluding hydrogens is 424 g/mol. The van der Waals surface area contributed by atoms with Crippen LogP contribution >= 0.6 is 15.9 Å². The van der Waals surface area contributed by atoms with E-state index in [4.69, 9.17) is 4.42 Å². The Hall–Kier alpha value is -3.05. The molecule has 0 aliphatic carbocycles. The lowest BCUT2D eigenvalue weighted by Crippen LogP contribution is -2.49. The summed E-state index contributed by atoms with van der Waals surface area (Å²) >= 11 is 3.21. The molecule has 8 heteroatoms. The molecule has 1 aromatic carbocycles. The number of anilines is 1. The Labute approximate surface area is 169 Å². The molecular formula is C20H17BrN4O3. The minimum Gasteiger partial charge on any atom is -0.444 e. The number of aryl methyl sites for hydroxylation is 1. The van der Waals surface area contributed by atoms with Crippen LogP contribution in [0.4, 0.5) is 5.69 Å². The van der Waals surface area contributed by atoms with E-state index in [-0.39, 0.29) is 22.8 Å².